The van der Waals surface area contributed by atoms with Crippen molar-refractivity contribution < 1.29 is 19.7 Å². The SMILES string of the molecule is CO[C@H]1C[C@H]2[C@@H]([C@H](O)C[C@@H]3C[C@H](O)CC[C@@]32C)[C@@H]2CC[C@H]([C@H](C)CCC(=O)N3CCc4ccc(Br)cc43)[C@@]12C. The Bertz CT molecular complexity index is 1100. The number of nitrogens with zero attached hydrogens (tertiary/aromatic N) is 1. The van der Waals surface area contributed by atoms with E-state index in [-0.39, 0.29) is 35.0 Å². The summed E-state index contributed by atoms with van der Waals surface area (Å²) in [6.07, 6.45) is 9.02. The molecule has 216 valence electrons. The van der Waals surface area contributed by atoms with Crippen LogP contribution in [0.5, 0.6) is 0 Å². The van der Waals surface area contributed by atoms with Crippen molar-refractivity contribution in [1.82, 2.24) is 0 Å². The van der Waals surface area contributed by atoms with Gasteiger partial charge in [0.15, 0.2) is 0 Å². The number of rotatable bonds is 5. The summed E-state index contributed by atoms with van der Waals surface area (Å²) < 4.78 is 7.39. The lowest BCUT2D eigenvalue weighted by molar-refractivity contribution is -0.212. The van der Waals surface area contributed by atoms with Crippen molar-refractivity contribution in [3.63, 3.8) is 0 Å². The molecule has 11 atom stereocenters. The first-order valence-electron chi connectivity index (χ1n) is 15.6. The summed E-state index contributed by atoms with van der Waals surface area (Å²) in [6.45, 7) is 8.05. The molecule has 1 heterocycles. The van der Waals surface area contributed by atoms with Gasteiger partial charge in [0, 0.05) is 35.7 Å². The van der Waals surface area contributed by atoms with Crippen molar-refractivity contribution in [1.29, 1.82) is 0 Å². The van der Waals surface area contributed by atoms with Gasteiger partial charge < -0.3 is 19.8 Å². The van der Waals surface area contributed by atoms with E-state index in [0.717, 1.165) is 74.5 Å². The average Bonchev–Trinajstić information content (AvgIpc) is 3.48. The van der Waals surface area contributed by atoms with Crippen LogP contribution in [0.2, 0.25) is 0 Å². The highest BCUT2D eigenvalue weighted by molar-refractivity contribution is 9.10. The zero-order chi connectivity index (χ0) is 27.7. The molecule has 0 bridgehead atoms. The van der Waals surface area contributed by atoms with E-state index < -0.39 is 0 Å². The number of anilines is 1. The molecule has 0 saturated heterocycles. The highest BCUT2D eigenvalue weighted by Gasteiger charge is 2.66. The van der Waals surface area contributed by atoms with Gasteiger partial charge >= 0.3 is 0 Å². The number of fused-ring (bicyclic) bond motifs is 6. The van der Waals surface area contributed by atoms with Gasteiger partial charge in [0.1, 0.15) is 0 Å². The minimum absolute atomic E-state index is 0.0157. The van der Waals surface area contributed by atoms with E-state index in [0.29, 0.717) is 41.9 Å². The zero-order valence-corrected chi connectivity index (χ0v) is 25.8. The van der Waals surface area contributed by atoms with Crippen molar-refractivity contribution in [3.05, 3.63) is 28.2 Å². The third kappa shape index (κ3) is 4.46. The summed E-state index contributed by atoms with van der Waals surface area (Å²) in [5.74, 6) is 2.78. The molecule has 1 aliphatic heterocycles. The summed E-state index contributed by atoms with van der Waals surface area (Å²) in [7, 11) is 1.89. The first-order valence-corrected chi connectivity index (χ1v) is 16.3. The number of halogens is 1. The highest BCUT2D eigenvalue weighted by atomic mass is 79.9. The van der Waals surface area contributed by atoms with Gasteiger partial charge in [-0.15, -0.1) is 0 Å². The standard InChI is InChI=1S/C33H48BrNO4/c1-19(5-10-30(38)35-14-12-20-6-7-22(34)17-27(20)35)24-8-9-25-31-26(18-29(39-4)33(24,25)3)32(2)13-11-23(36)15-21(32)16-28(31)37/h6-7,17,19,21,23-26,28-29,31,36-37H,5,8-16,18H2,1-4H3/t19-,21+,23-,24-,25+,26+,28-,29+,31+,32+,33-/m1/s1. The van der Waals surface area contributed by atoms with Crippen LogP contribution in [-0.2, 0) is 16.0 Å². The van der Waals surface area contributed by atoms with E-state index in [1.807, 2.05) is 12.0 Å². The predicted octanol–water partition coefficient (Wildman–Crippen LogP) is 6.37. The molecule has 4 aliphatic carbocycles. The Kier molecular flexibility index (Phi) is 7.51. The molecule has 6 rings (SSSR count). The molecule has 1 aromatic carbocycles. The topological polar surface area (TPSA) is 70.0 Å². The molecule has 1 amide bonds. The fourth-order valence-corrected chi connectivity index (χ4v) is 11.1. The molecule has 5 nitrogen and oxygen atoms in total. The van der Waals surface area contributed by atoms with Gasteiger partial charge in [-0.25, -0.2) is 0 Å². The number of aliphatic hydroxyl groups excluding tert-OH is 2. The second-order valence-electron chi connectivity index (χ2n) is 14.3. The number of ether oxygens (including phenoxy) is 1. The van der Waals surface area contributed by atoms with Gasteiger partial charge in [0.05, 0.1) is 18.3 Å². The van der Waals surface area contributed by atoms with Crippen LogP contribution >= 0.6 is 15.9 Å². The van der Waals surface area contributed by atoms with E-state index >= 15 is 0 Å². The second kappa shape index (κ2) is 10.4. The first kappa shape index (κ1) is 28.2. The molecule has 0 radical (unpaired) electrons. The molecule has 39 heavy (non-hydrogen) atoms. The number of methoxy groups -OCH3 is 1. The Morgan fingerprint density at radius 1 is 1.15 bits per heavy atom. The summed E-state index contributed by atoms with van der Waals surface area (Å²) in [6, 6.07) is 6.28. The van der Waals surface area contributed by atoms with Crippen LogP contribution in [0.25, 0.3) is 0 Å². The van der Waals surface area contributed by atoms with Crippen LogP contribution in [0.3, 0.4) is 0 Å². The van der Waals surface area contributed by atoms with Crippen molar-refractivity contribution in [2.45, 2.75) is 103 Å². The molecule has 4 fully saturated rings. The number of amides is 1. The van der Waals surface area contributed by atoms with E-state index in [2.05, 4.69) is 54.9 Å². The van der Waals surface area contributed by atoms with Crippen LogP contribution < -0.4 is 4.90 Å². The number of carbonyl (C=O) groups excluding carboxylic acids is 1. The van der Waals surface area contributed by atoms with Crippen LogP contribution in [0.4, 0.5) is 5.69 Å². The van der Waals surface area contributed by atoms with E-state index in [1.54, 1.807) is 0 Å². The van der Waals surface area contributed by atoms with Gasteiger partial charge in [-0.05, 0) is 116 Å². The minimum Gasteiger partial charge on any atom is -0.393 e. The molecular weight excluding hydrogens is 554 g/mol. The molecule has 0 aromatic heterocycles. The summed E-state index contributed by atoms with van der Waals surface area (Å²) in [5, 5.41) is 22.0. The molecule has 1 aromatic rings. The maximum absolute atomic E-state index is 13.4. The largest absolute Gasteiger partial charge is 0.393 e. The Labute approximate surface area is 243 Å². The maximum Gasteiger partial charge on any atom is 0.227 e. The van der Waals surface area contributed by atoms with E-state index in [4.69, 9.17) is 4.74 Å². The van der Waals surface area contributed by atoms with Gasteiger partial charge in [-0.2, -0.15) is 0 Å². The van der Waals surface area contributed by atoms with Gasteiger partial charge in [0.2, 0.25) is 5.91 Å². The fourth-order valence-electron chi connectivity index (χ4n) is 10.8. The quantitative estimate of drug-likeness (QED) is 0.411. The van der Waals surface area contributed by atoms with Crippen molar-refractivity contribution in [2.75, 3.05) is 18.6 Å². The summed E-state index contributed by atoms with van der Waals surface area (Å²) >= 11 is 3.57. The Morgan fingerprint density at radius 3 is 2.72 bits per heavy atom. The van der Waals surface area contributed by atoms with Crippen LogP contribution in [0.1, 0.15) is 84.1 Å². The average molecular weight is 603 g/mol. The molecule has 0 spiro atoms. The monoisotopic (exact) mass is 601 g/mol. The van der Waals surface area contributed by atoms with E-state index in [1.165, 1.54) is 5.56 Å². The molecule has 0 unspecified atom stereocenters. The first-order chi connectivity index (χ1) is 18.6. The Balaban J connectivity index is 1.18. The van der Waals surface area contributed by atoms with Crippen molar-refractivity contribution >= 4 is 27.5 Å². The smallest absolute Gasteiger partial charge is 0.227 e. The molecule has 5 aliphatic rings. The number of hydrogen-bond acceptors (Lipinski definition) is 4. The minimum atomic E-state index is -0.286. The normalized spacial score (nSPS) is 43.8. The number of benzene rings is 1. The van der Waals surface area contributed by atoms with Crippen LogP contribution in [0, 0.1) is 46.3 Å². The third-order valence-corrected chi connectivity index (χ3v) is 13.3. The van der Waals surface area contributed by atoms with Gasteiger partial charge in [0.25, 0.3) is 0 Å². The number of hydrogen-bond donors (Lipinski definition) is 2. The summed E-state index contributed by atoms with van der Waals surface area (Å²) in [5.41, 5.74) is 2.53. The van der Waals surface area contributed by atoms with Gasteiger partial charge in [-0.1, -0.05) is 42.8 Å². The predicted molar refractivity (Wildman–Crippen MR) is 157 cm³/mol. The Hall–Kier alpha value is -0.950. The molecular formula is C33H48BrNO4. The van der Waals surface area contributed by atoms with Crippen LogP contribution in [0.15, 0.2) is 22.7 Å². The molecule has 4 saturated carbocycles. The number of carbonyl (C=O) groups is 1. The van der Waals surface area contributed by atoms with E-state index in [9.17, 15) is 15.0 Å². The fraction of sp³-hybridized carbons (Fsp3) is 0.788. The lowest BCUT2D eigenvalue weighted by atomic mass is 9.43. The van der Waals surface area contributed by atoms with Gasteiger partial charge in [-0.3, -0.25) is 4.79 Å². The molecule has 6 heteroatoms. The van der Waals surface area contributed by atoms with Crippen LogP contribution in [-0.4, -0.2) is 48.1 Å². The second-order valence-corrected chi connectivity index (χ2v) is 15.2. The van der Waals surface area contributed by atoms with Crippen molar-refractivity contribution in [3.8, 4) is 0 Å². The lowest BCUT2D eigenvalue weighted by Crippen LogP contribution is -2.62. The Morgan fingerprint density at radius 2 is 1.95 bits per heavy atom. The highest BCUT2D eigenvalue weighted by Crippen LogP contribution is 2.68. The lowest BCUT2D eigenvalue weighted by Gasteiger charge is -2.64. The summed E-state index contributed by atoms with van der Waals surface area (Å²) in [4.78, 5) is 15.4. The molecule has 2 N–H and O–H groups in total. The van der Waals surface area contributed by atoms with Crippen molar-refractivity contribution in [2.24, 2.45) is 46.3 Å². The number of aliphatic hydroxyl groups is 2. The maximum atomic E-state index is 13.4. The zero-order valence-electron chi connectivity index (χ0n) is 24.2. The third-order valence-electron chi connectivity index (χ3n) is 12.8.